The van der Waals surface area contributed by atoms with Gasteiger partial charge < -0.3 is 14.6 Å². The molecule has 1 N–H and O–H groups in total. The molecule has 0 atom stereocenters. The second-order valence-electron chi connectivity index (χ2n) is 8.12. The Morgan fingerprint density at radius 1 is 1.12 bits per heavy atom. The summed E-state index contributed by atoms with van der Waals surface area (Å²) in [5.74, 6) is 0.458. The van der Waals surface area contributed by atoms with Crippen molar-refractivity contribution >= 4 is 38.4 Å². The summed E-state index contributed by atoms with van der Waals surface area (Å²) in [5.41, 5.74) is 2.52. The van der Waals surface area contributed by atoms with E-state index in [1.54, 1.807) is 42.5 Å². The van der Waals surface area contributed by atoms with Gasteiger partial charge in [-0.05, 0) is 44.2 Å². The van der Waals surface area contributed by atoms with Crippen LogP contribution >= 0.6 is 0 Å². The summed E-state index contributed by atoms with van der Waals surface area (Å²) in [7, 11) is -3.62. The second kappa shape index (κ2) is 10.0. The number of rotatable bonds is 8. The fraction of sp³-hybridized carbons (Fsp3) is 0.375. The van der Waals surface area contributed by atoms with Crippen molar-refractivity contribution in [2.24, 2.45) is 0 Å². The number of ketones is 1. The zero-order chi connectivity index (χ0) is 24.3. The summed E-state index contributed by atoms with van der Waals surface area (Å²) in [4.78, 5) is 28.9. The first-order valence-corrected chi connectivity index (χ1v) is 12.7. The number of fused-ring (bicyclic) bond motifs is 1. The average molecular weight is 485 g/mol. The van der Waals surface area contributed by atoms with Crippen molar-refractivity contribution < 1.29 is 22.7 Å². The Hall–Kier alpha value is -3.08. The summed E-state index contributed by atoms with van der Waals surface area (Å²) in [6, 6.07) is 11.8. The molecule has 1 saturated heterocycles. The predicted molar refractivity (Wildman–Crippen MR) is 128 cm³/mol. The Bertz CT molecular complexity index is 1330. The molecule has 0 spiro atoms. The van der Waals surface area contributed by atoms with Gasteiger partial charge in [0.2, 0.25) is 15.9 Å². The Morgan fingerprint density at radius 3 is 2.59 bits per heavy atom. The fourth-order valence-corrected chi connectivity index (χ4v) is 5.49. The van der Waals surface area contributed by atoms with Crippen LogP contribution < -0.4 is 5.32 Å². The van der Waals surface area contributed by atoms with Crippen molar-refractivity contribution in [2.45, 2.75) is 38.1 Å². The molecule has 0 aliphatic carbocycles. The van der Waals surface area contributed by atoms with Gasteiger partial charge in [0.1, 0.15) is 5.82 Å². The van der Waals surface area contributed by atoms with Gasteiger partial charge in [-0.3, -0.25) is 9.59 Å². The normalized spacial score (nSPS) is 14.9. The van der Waals surface area contributed by atoms with Gasteiger partial charge in [0.15, 0.2) is 5.78 Å². The van der Waals surface area contributed by atoms with Crippen molar-refractivity contribution in [1.82, 2.24) is 13.9 Å². The number of carbonyl (C=O) groups excluding carboxylic acids is 2. The number of carbonyl (C=O) groups is 2. The third kappa shape index (κ3) is 5.03. The molecule has 34 heavy (non-hydrogen) atoms. The Kier molecular flexibility index (Phi) is 7.11. The molecule has 0 radical (unpaired) electrons. The largest absolute Gasteiger partial charge is 0.379 e. The van der Waals surface area contributed by atoms with Gasteiger partial charge >= 0.3 is 0 Å². The van der Waals surface area contributed by atoms with Crippen LogP contribution in [0.5, 0.6) is 0 Å². The van der Waals surface area contributed by atoms with Crippen LogP contribution in [0.1, 0.15) is 36.5 Å². The number of amides is 1. The van der Waals surface area contributed by atoms with Crippen LogP contribution in [0.3, 0.4) is 0 Å². The minimum atomic E-state index is -3.62. The van der Waals surface area contributed by atoms with E-state index in [2.05, 4.69) is 10.3 Å². The van der Waals surface area contributed by atoms with Gasteiger partial charge in [0.25, 0.3) is 0 Å². The van der Waals surface area contributed by atoms with Crippen LogP contribution in [0.4, 0.5) is 5.69 Å². The number of benzene rings is 2. The first-order chi connectivity index (χ1) is 16.3. The molecule has 3 aromatic rings. The zero-order valence-electron chi connectivity index (χ0n) is 19.3. The number of nitrogens with zero attached hydrogens (tertiary/aromatic N) is 3. The minimum absolute atomic E-state index is 0.0669. The van der Waals surface area contributed by atoms with E-state index in [0.717, 1.165) is 5.52 Å². The molecule has 2 heterocycles. The molecular weight excluding hydrogens is 456 g/mol. The fourth-order valence-electron chi connectivity index (χ4n) is 4.06. The number of aromatic nitrogens is 2. The molecule has 2 aromatic carbocycles. The zero-order valence-corrected chi connectivity index (χ0v) is 20.1. The summed E-state index contributed by atoms with van der Waals surface area (Å²) in [6.07, 6.45) is 0.596. The third-order valence-electron chi connectivity index (χ3n) is 5.85. The van der Waals surface area contributed by atoms with E-state index in [1.807, 2.05) is 11.5 Å². The van der Waals surface area contributed by atoms with Crippen molar-refractivity contribution in [3.05, 3.63) is 53.9 Å². The Morgan fingerprint density at radius 2 is 1.88 bits per heavy atom. The molecule has 1 aliphatic rings. The summed E-state index contributed by atoms with van der Waals surface area (Å²) in [6.45, 7) is 5.54. The van der Waals surface area contributed by atoms with Gasteiger partial charge in [-0.15, -0.1) is 0 Å². The number of nitrogens with one attached hydrogen (secondary N) is 1. The molecular formula is C24H28N4O5S. The van der Waals surface area contributed by atoms with Gasteiger partial charge in [-0.2, -0.15) is 4.31 Å². The molecule has 1 aliphatic heterocycles. The molecule has 1 amide bonds. The number of anilines is 1. The average Bonchev–Trinajstić information content (AvgIpc) is 3.20. The maximum Gasteiger partial charge on any atom is 0.243 e. The molecule has 0 unspecified atom stereocenters. The SMILES string of the molecule is CCn1c(CCC(=O)Nc2cccc(C(C)=O)c2)nc2cc(S(=O)(=O)N3CCOCC3)ccc21. The van der Waals surface area contributed by atoms with Crippen LogP contribution in [0.2, 0.25) is 0 Å². The Labute approximate surface area is 198 Å². The maximum absolute atomic E-state index is 13.0. The lowest BCUT2D eigenvalue weighted by molar-refractivity contribution is -0.116. The van der Waals surface area contributed by atoms with Gasteiger partial charge in [0, 0.05) is 43.7 Å². The molecule has 1 aromatic heterocycles. The predicted octanol–water partition coefficient (Wildman–Crippen LogP) is 2.85. The standard InChI is InChI=1S/C24H28N4O5S/c1-3-28-22-8-7-20(34(31,32)27-11-13-33-14-12-27)16-21(22)26-23(28)9-10-24(30)25-19-6-4-5-18(15-19)17(2)29/h4-8,15-16H,3,9-14H2,1-2H3,(H,25,30). The highest BCUT2D eigenvalue weighted by Crippen LogP contribution is 2.24. The minimum Gasteiger partial charge on any atom is -0.379 e. The van der Waals surface area contributed by atoms with Crippen LogP contribution in [0.25, 0.3) is 11.0 Å². The monoisotopic (exact) mass is 484 g/mol. The molecule has 0 saturated carbocycles. The van der Waals surface area contributed by atoms with E-state index < -0.39 is 10.0 Å². The van der Waals surface area contributed by atoms with Crippen molar-refractivity contribution in [3.8, 4) is 0 Å². The topological polar surface area (TPSA) is 111 Å². The second-order valence-corrected chi connectivity index (χ2v) is 10.1. The molecule has 10 heteroatoms. The van der Waals surface area contributed by atoms with Crippen LogP contribution in [0, 0.1) is 0 Å². The number of hydrogen-bond acceptors (Lipinski definition) is 6. The molecule has 9 nitrogen and oxygen atoms in total. The van der Waals surface area contributed by atoms with Crippen LogP contribution in [0.15, 0.2) is 47.4 Å². The maximum atomic E-state index is 13.0. The first kappa shape index (κ1) is 24.1. The van der Waals surface area contributed by atoms with E-state index in [9.17, 15) is 18.0 Å². The van der Waals surface area contributed by atoms with Crippen LogP contribution in [-0.4, -0.2) is 60.3 Å². The Balaban J connectivity index is 1.51. The van der Waals surface area contributed by atoms with Crippen LogP contribution in [-0.2, 0) is 32.5 Å². The van der Waals surface area contributed by atoms with E-state index in [1.165, 1.54) is 11.2 Å². The number of aryl methyl sites for hydroxylation is 2. The van der Waals surface area contributed by atoms with Crippen molar-refractivity contribution in [2.75, 3.05) is 31.6 Å². The first-order valence-electron chi connectivity index (χ1n) is 11.3. The van der Waals surface area contributed by atoms with E-state index >= 15 is 0 Å². The number of ether oxygens (including phenoxy) is 1. The smallest absolute Gasteiger partial charge is 0.243 e. The number of hydrogen-bond donors (Lipinski definition) is 1. The quantitative estimate of drug-likeness (QED) is 0.492. The highest BCUT2D eigenvalue weighted by atomic mass is 32.2. The molecule has 180 valence electrons. The lowest BCUT2D eigenvalue weighted by Crippen LogP contribution is -2.40. The van der Waals surface area contributed by atoms with E-state index in [-0.39, 0.29) is 23.0 Å². The number of imidazole rings is 1. The van der Waals surface area contributed by atoms with E-state index in [4.69, 9.17) is 4.74 Å². The number of morpholine rings is 1. The highest BCUT2D eigenvalue weighted by molar-refractivity contribution is 7.89. The highest BCUT2D eigenvalue weighted by Gasteiger charge is 2.27. The van der Waals surface area contributed by atoms with E-state index in [0.29, 0.717) is 61.9 Å². The van der Waals surface area contributed by atoms with Gasteiger partial charge in [0.05, 0.1) is 29.1 Å². The summed E-state index contributed by atoms with van der Waals surface area (Å²) < 4.78 is 34.7. The molecule has 4 rings (SSSR count). The third-order valence-corrected chi connectivity index (χ3v) is 7.75. The van der Waals surface area contributed by atoms with Gasteiger partial charge in [-0.25, -0.2) is 13.4 Å². The number of sulfonamides is 1. The summed E-state index contributed by atoms with van der Waals surface area (Å²) >= 11 is 0. The van der Waals surface area contributed by atoms with Crippen molar-refractivity contribution in [1.29, 1.82) is 0 Å². The lowest BCUT2D eigenvalue weighted by atomic mass is 10.1. The molecule has 1 fully saturated rings. The van der Waals surface area contributed by atoms with Crippen molar-refractivity contribution in [3.63, 3.8) is 0 Å². The molecule has 0 bridgehead atoms. The summed E-state index contributed by atoms with van der Waals surface area (Å²) in [5, 5.41) is 2.82. The van der Waals surface area contributed by atoms with Gasteiger partial charge in [-0.1, -0.05) is 12.1 Å². The lowest BCUT2D eigenvalue weighted by Gasteiger charge is -2.26. The number of Topliss-reactive ketones (excluding diaryl/α,β-unsaturated/α-hetero) is 1.